The lowest BCUT2D eigenvalue weighted by molar-refractivity contribution is -0.275. The van der Waals surface area contributed by atoms with Gasteiger partial charge in [0.05, 0.1) is 22.5 Å². The molecule has 1 aliphatic heterocycles. The highest BCUT2D eigenvalue weighted by molar-refractivity contribution is 5.97. The van der Waals surface area contributed by atoms with E-state index in [-0.39, 0.29) is 29.1 Å². The van der Waals surface area contributed by atoms with E-state index in [9.17, 15) is 17.6 Å². The van der Waals surface area contributed by atoms with E-state index in [1.54, 1.807) is 12.4 Å². The highest BCUT2D eigenvalue weighted by atomic mass is 19.4. The van der Waals surface area contributed by atoms with Gasteiger partial charge in [0.2, 0.25) is 0 Å². The van der Waals surface area contributed by atoms with Crippen molar-refractivity contribution in [2.75, 3.05) is 18.8 Å². The Balaban J connectivity index is 1.59. The molecule has 3 aliphatic rings. The van der Waals surface area contributed by atoms with Crippen LogP contribution in [0.5, 0.6) is 5.75 Å². The third-order valence-corrected chi connectivity index (χ3v) is 8.29. The first kappa shape index (κ1) is 25.3. The van der Waals surface area contributed by atoms with Gasteiger partial charge in [0.15, 0.2) is 23.2 Å². The maximum atomic E-state index is 16.9. The van der Waals surface area contributed by atoms with Gasteiger partial charge in [0, 0.05) is 35.6 Å². The Labute approximate surface area is 225 Å². The van der Waals surface area contributed by atoms with Crippen molar-refractivity contribution in [2.45, 2.75) is 50.9 Å². The number of aromatic nitrogens is 4. The van der Waals surface area contributed by atoms with Gasteiger partial charge in [-0.15, -0.1) is 13.2 Å². The maximum Gasteiger partial charge on any atom is 0.573 e. The summed E-state index contributed by atoms with van der Waals surface area (Å²) in [5.74, 6) is -2.03. The van der Waals surface area contributed by atoms with Crippen LogP contribution in [0.1, 0.15) is 55.8 Å². The molecule has 0 bridgehead atoms. The van der Waals surface area contributed by atoms with Gasteiger partial charge in [-0.3, -0.25) is 0 Å². The number of anilines is 1. The summed E-state index contributed by atoms with van der Waals surface area (Å²) in [7, 11) is 0. The number of nitrogen functional groups attached to an aromatic ring is 1. The van der Waals surface area contributed by atoms with Gasteiger partial charge < -0.3 is 25.3 Å². The Morgan fingerprint density at radius 2 is 1.85 bits per heavy atom. The van der Waals surface area contributed by atoms with Gasteiger partial charge in [-0.25, -0.2) is 18.7 Å². The van der Waals surface area contributed by atoms with Crippen molar-refractivity contribution in [1.29, 1.82) is 0 Å². The fraction of sp³-hybridized carbons (Fsp3) is 0.429. The van der Waals surface area contributed by atoms with Crippen LogP contribution in [0, 0.1) is 23.5 Å². The molecule has 4 N–H and O–H groups in total. The van der Waals surface area contributed by atoms with E-state index in [4.69, 9.17) is 5.73 Å². The van der Waals surface area contributed by atoms with Crippen LogP contribution >= 0.6 is 0 Å². The summed E-state index contributed by atoms with van der Waals surface area (Å²) in [5.41, 5.74) is 7.24. The third kappa shape index (κ3) is 3.87. The first-order chi connectivity index (χ1) is 19.0. The van der Waals surface area contributed by atoms with Crippen molar-refractivity contribution in [3.63, 3.8) is 0 Å². The third-order valence-electron chi connectivity index (χ3n) is 8.29. The van der Waals surface area contributed by atoms with Crippen molar-refractivity contribution >= 4 is 16.6 Å². The topological polar surface area (TPSA) is 93.8 Å². The molecule has 3 fully saturated rings. The number of nitrogens with one attached hydrogen (secondary N) is 2. The monoisotopic (exact) mass is 558 g/mol. The number of hydrogen-bond acceptors (Lipinski definition) is 5. The summed E-state index contributed by atoms with van der Waals surface area (Å²) in [5, 5.41) is 4.07. The minimum absolute atomic E-state index is 0.0127. The Bertz CT molecular complexity index is 1630. The van der Waals surface area contributed by atoms with Gasteiger partial charge in [-0.2, -0.15) is 0 Å². The second-order valence-corrected chi connectivity index (χ2v) is 11.3. The number of ether oxygens (including phenoxy) is 1. The van der Waals surface area contributed by atoms with Gasteiger partial charge in [-0.05, 0) is 61.2 Å². The molecular weight excluding hydrogens is 531 g/mol. The number of piperidine rings is 1. The molecule has 12 heteroatoms. The van der Waals surface area contributed by atoms with Crippen LogP contribution in [0.4, 0.5) is 27.6 Å². The molecule has 2 atom stereocenters. The van der Waals surface area contributed by atoms with Crippen molar-refractivity contribution in [3.8, 4) is 28.5 Å². The maximum absolute atomic E-state index is 16.9. The fourth-order valence-corrected chi connectivity index (χ4v) is 6.53. The van der Waals surface area contributed by atoms with Crippen LogP contribution < -0.4 is 15.8 Å². The Morgan fingerprint density at radius 3 is 2.45 bits per heavy atom. The highest BCUT2D eigenvalue weighted by Crippen LogP contribution is 2.61. The number of nitrogens with two attached hydrogens (primary N) is 1. The average molecular weight is 559 g/mol. The second-order valence-electron chi connectivity index (χ2n) is 11.3. The molecule has 4 heterocycles. The number of imidazole rings is 1. The SMILES string of the molecule is CC(C)c1nc(-c2cc(N)cc(F)c2OC(F)(F)F)c(F)c2c1c(C1C3CNCC31)c(-c1ncc[nH]1)n2C1CC1. The van der Waals surface area contributed by atoms with E-state index in [2.05, 4.69) is 25.0 Å². The zero-order chi connectivity index (χ0) is 28.1. The van der Waals surface area contributed by atoms with Gasteiger partial charge in [0.1, 0.15) is 5.69 Å². The number of pyridine rings is 1. The molecule has 0 spiro atoms. The summed E-state index contributed by atoms with van der Waals surface area (Å²) in [6.07, 6.45) is -0.219. The van der Waals surface area contributed by atoms with Crippen molar-refractivity contribution in [1.82, 2.24) is 24.8 Å². The minimum atomic E-state index is -5.21. The summed E-state index contributed by atoms with van der Waals surface area (Å²) in [6, 6.07) is 1.77. The number of rotatable bonds is 6. The van der Waals surface area contributed by atoms with Gasteiger partial charge >= 0.3 is 6.36 Å². The second kappa shape index (κ2) is 8.66. The Kier molecular flexibility index (Phi) is 5.48. The van der Waals surface area contributed by atoms with E-state index in [1.807, 2.05) is 18.4 Å². The zero-order valence-corrected chi connectivity index (χ0v) is 21.7. The van der Waals surface area contributed by atoms with Crippen molar-refractivity contribution in [2.24, 2.45) is 11.8 Å². The highest BCUT2D eigenvalue weighted by Gasteiger charge is 2.56. The Hall–Kier alpha value is -3.67. The molecule has 1 aromatic carbocycles. The number of H-pyrrole nitrogens is 1. The lowest BCUT2D eigenvalue weighted by Crippen LogP contribution is -2.19. The average Bonchev–Trinajstić information content (AvgIpc) is 3.61. The number of hydrogen-bond donors (Lipinski definition) is 3. The summed E-state index contributed by atoms with van der Waals surface area (Å²) in [6.45, 7) is 5.51. The first-order valence-corrected chi connectivity index (χ1v) is 13.4. The molecule has 7 nitrogen and oxygen atoms in total. The first-order valence-electron chi connectivity index (χ1n) is 13.4. The number of fused-ring (bicyclic) bond motifs is 2. The quantitative estimate of drug-likeness (QED) is 0.192. The van der Waals surface area contributed by atoms with Crippen LogP contribution in [0.2, 0.25) is 0 Å². The largest absolute Gasteiger partial charge is 0.573 e. The molecule has 0 amide bonds. The molecule has 1 saturated heterocycles. The van der Waals surface area contributed by atoms with E-state index in [0.717, 1.165) is 43.3 Å². The fourth-order valence-electron chi connectivity index (χ4n) is 6.53. The van der Waals surface area contributed by atoms with Crippen LogP contribution in [0.25, 0.3) is 33.7 Å². The smallest absolute Gasteiger partial charge is 0.402 e. The van der Waals surface area contributed by atoms with Crippen molar-refractivity contribution in [3.05, 3.63) is 47.4 Å². The molecule has 4 aromatic rings. The molecular formula is C28H27F5N6O. The van der Waals surface area contributed by atoms with Crippen LogP contribution in [0.15, 0.2) is 24.5 Å². The van der Waals surface area contributed by atoms with Crippen molar-refractivity contribution < 1.29 is 26.7 Å². The molecule has 0 radical (unpaired) electrons. The van der Waals surface area contributed by atoms with E-state index < -0.39 is 35.0 Å². The Morgan fingerprint density at radius 1 is 1.12 bits per heavy atom. The molecule has 40 heavy (non-hydrogen) atoms. The minimum Gasteiger partial charge on any atom is -0.402 e. The summed E-state index contributed by atoms with van der Waals surface area (Å²) in [4.78, 5) is 12.3. The number of halogens is 5. The number of nitrogens with zero attached hydrogens (tertiary/aromatic N) is 3. The van der Waals surface area contributed by atoms with Gasteiger partial charge in [-0.1, -0.05) is 13.8 Å². The zero-order valence-electron chi connectivity index (χ0n) is 21.7. The molecule has 2 saturated carbocycles. The molecule has 7 rings (SSSR count). The molecule has 3 aromatic heterocycles. The number of alkyl halides is 3. The normalized spacial score (nSPS) is 22.4. The molecule has 210 valence electrons. The number of benzene rings is 1. The van der Waals surface area contributed by atoms with Crippen LogP contribution in [-0.2, 0) is 0 Å². The molecule has 2 unspecified atom stereocenters. The van der Waals surface area contributed by atoms with E-state index in [1.165, 1.54) is 0 Å². The predicted molar refractivity (Wildman–Crippen MR) is 139 cm³/mol. The number of aromatic amines is 1. The van der Waals surface area contributed by atoms with E-state index in [0.29, 0.717) is 34.8 Å². The van der Waals surface area contributed by atoms with Gasteiger partial charge in [0.25, 0.3) is 0 Å². The van der Waals surface area contributed by atoms with Crippen LogP contribution in [0.3, 0.4) is 0 Å². The standard InChI is InChI=1S/C28H27F5N6O/c1-11(2)22-20-19(18-15-9-35-10-16(15)18)25(27-36-5-6-37-27)39(13-3-4-13)24(20)21(30)23(38-22)14-7-12(34)8-17(29)26(14)40-28(31,32)33/h5-8,11,13,15-16,18,35H,3-4,9-10,34H2,1-2H3,(H,36,37). The summed E-state index contributed by atoms with van der Waals surface area (Å²) < 4.78 is 77.7. The van der Waals surface area contributed by atoms with Crippen LogP contribution in [-0.4, -0.2) is 39.0 Å². The predicted octanol–water partition coefficient (Wildman–Crippen LogP) is 6.24. The summed E-state index contributed by atoms with van der Waals surface area (Å²) >= 11 is 0. The lowest BCUT2D eigenvalue weighted by Gasteiger charge is -2.18. The van der Waals surface area contributed by atoms with E-state index >= 15 is 4.39 Å². The molecule has 2 aliphatic carbocycles. The lowest BCUT2D eigenvalue weighted by atomic mass is 9.95.